The van der Waals surface area contributed by atoms with Crippen LogP contribution >= 0.6 is 0 Å². The molecule has 4 aromatic rings. The number of aromatic nitrogens is 4. The lowest BCUT2D eigenvalue weighted by Crippen LogP contribution is -1.98. The zero-order chi connectivity index (χ0) is 16.2. The fourth-order valence-corrected chi connectivity index (χ4v) is 2.48. The Kier molecular flexibility index (Phi) is 3.78. The molecule has 0 amide bonds. The molecule has 4 rings (SSSR count). The van der Waals surface area contributed by atoms with Crippen LogP contribution in [0.2, 0.25) is 0 Å². The van der Waals surface area contributed by atoms with Crippen LogP contribution in [0.25, 0.3) is 34.2 Å². The molecular formula is C20H14N4. The van der Waals surface area contributed by atoms with E-state index in [1.807, 2.05) is 66.7 Å². The molecule has 2 aromatic carbocycles. The fourth-order valence-electron chi connectivity index (χ4n) is 2.48. The summed E-state index contributed by atoms with van der Waals surface area (Å²) in [6.07, 6.45) is 3.39. The molecule has 24 heavy (non-hydrogen) atoms. The minimum Gasteiger partial charge on any atom is -0.234 e. The predicted molar refractivity (Wildman–Crippen MR) is 93.9 cm³/mol. The van der Waals surface area contributed by atoms with Crippen molar-refractivity contribution in [1.82, 2.24) is 19.9 Å². The number of nitrogens with zero attached hydrogens (tertiary/aromatic N) is 4. The average molecular weight is 310 g/mol. The van der Waals surface area contributed by atoms with Crippen LogP contribution in [-0.4, -0.2) is 19.9 Å². The van der Waals surface area contributed by atoms with Gasteiger partial charge in [0.05, 0.1) is 11.4 Å². The van der Waals surface area contributed by atoms with Crippen LogP contribution < -0.4 is 0 Å². The van der Waals surface area contributed by atoms with Crippen molar-refractivity contribution in [2.75, 3.05) is 0 Å². The second kappa shape index (κ2) is 6.38. The van der Waals surface area contributed by atoms with E-state index in [0.29, 0.717) is 11.6 Å². The molecule has 2 heterocycles. The molecule has 0 aliphatic rings. The summed E-state index contributed by atoms with van der Waals surface area (Å²) in [5.41, 5.74) is 3.78. The first kappa shape index (κ1) is 14.2. The molecular weight excluding hydrogens is 296 g/mol. The first-order valence-electron chi connectivity index (χ1n) is 7.67. The summed E-state index contributed by atoms with van der Waals surface area (Å²) < 4.78 is 0. The first-order valence-corrected chi connectivity index (χ1v) is 7.67. The fraction of sp³-hybridized carbons (Fsp3) is 0. The molecule has 0 aliphatic carbocycles. The number of rotatable bonds is 3. The van der Waals surface area contributed by atoms with Crippen molar-refractivity contribution in [3.8, 4) is 34.2 Å². The lowest BCUT2D eigenvalue weighted by atomic mass is 10.1. The molecule has 0 radical (unpaired) electrons. The molecule has 4 nitrogen and oxygen atoms in total. The molecule has 114 valence electrons. The molecule has 0 bridgehead atoms. The van der Waals surface area contributed by atoms with Crippen molar-refractivity contribution in [2.45, 2.75) is 0 Å². The predicted octanol–water partition coefficient (Wildman–Crippen LogP) is 4.27. The number of hydrogen-bond donors (Lipinski definition) is 0. The van der Waals surface area contributed by atoms with Crippen molar-refractivity contribution in [2.24, 2.45) is 0 Å². The molecule has 2 aromatic heterocycles. The van der Waals surface area contributed by atoms with Gasteiger partial charge < -0.3 is 0 Å². The average Bonchev–Trinajstić information content (AvgIpc) is 2.70. The van der Waals surface area contributed by atoms with E-state index < -0.39 is 0 Å². The van der Waals surface area contributed by atoms with E-state index in [1.165, 1.54) is 0 Å². The number of benzene rings is 2. The Morgan fingerprint density at radius 2 is 1.00 bits per heavy atom. The van der Waals surface area contributed by atoms with Crippen LogP contribution in [0.3, 0.4) is 0 Å². The highest BCUT2D eigenvalue weighted by Gasteiger charge is 2.11. The molecule has 0 fully saturated rings. The summed E-state index contributed by atoms with van der Waals surface area (Å²) in [5.74, 6) is 1.04. The molecule has 0 saturated heterocycles. The van der Waals surface area contributed by atoms with Crippen LogP contribution in [0.5, 0.6) is 0 Å². The molecule has 4 heteroatoms. The summed E-state index contributed by atoms with van der Waals surface area (Å²) in [6.45, 7) is 0. The Balaban J connectivity index is 1.92. The Labute approximate surface area is 139 Å². The third-order valence-corrected chi connectivity index (χ3v) is 3.63. The number of hydrogen-bond acceptors (Lipinski definition) is 4. The zero-order valence-corrected chi connectivity index (χ0v) is 12.9. The van der Waals surface area contributed by atoms with Gasteiger partial charge in [0.1, 0.15) is 0 Å². The SMILES string of the molecule is c1ccc(-c2cc(-c3ccccc3)nc(-c3ncccn3)n2)cc1. The van der Waals surface area contributed by atoms with E-state index in [4.69, 9.17) is 0 Å². The Hall–Kier alpha value is -3.40. The van der Waals surface area contributed by atoms with Crippen LogP contribution in [-0.2, 0) is 0 Å². The Morgan fingerprint density at radius 3 is 1.50 bits per heavy atom. The van der Waals surface area contributed by atoms with Gasteiger partial charge in [-0.05, 0) is 12.1 Å². The minimum atomic E-state index is 0.521. The van der Waals surface area contributed by atoms with Crippen LogP contribution in [0, 0.1) is 0 Å². The van der Waals surface area contributed by atoms with E-state index in [1.54, 1.807) is 18.5 Å². The largest absolute Gasteiger partial charge is 0.234 e. The highest BCUT2D eigenvalue weighted by atomic mass is 15.0. The molecule has 0 saturated carbocycles. The third-order valence-electron chi connectivity index (χ3n) is 3.63. The van der Waals surface area contributed by atoms with Crippen LogP contribution in [0.1, 0.15) is 0 Å². The van der Waals surface area contributed by atoms with E-state index in [9.17, 15) is 0 Å². The molecule has 0 unspecified atom stereocenters. The van der Waals surface area contributed by atoms with Crippen LogP contribution in [0.4, 0.5) is 0 Å². The van der Waals surface area contributed by atoms with Gasteiger partial charge in [-0.25, -0.2) is 19.9 Å². The Morgan fingerprint density at radius 1 is 0.500 bits per heavy atom. The maximum atomic E-state index is 4.66. The van der Waals surface area contributed by atoms with Crippen molar-refractivity contribution in [1.29, 1.82) is 0 Å². The van der Waals surface area contributed by atoms with Crippen molar-refractivity contribution < 1.29 is 0 Å². The van der Waals surface area contributed by atoms with E-state index in [-0.39, 0.29) is 0 Å². The second-order valence-corrected chi connectivity index (χ2v) is 5.27. The maximum absolute atomic E-state index is 4.66. The molecule has 0 N–H and O–H groups in total. The highest BCUT2D eigenvalue weighted by molar-refractivity contribution is 5.70. The van der Waals surface area contributed by atoms with Crippen molar-refractivity contribution in [3.05, 3.63) is 85.2 Å². The van der Waals surface area contributed by atoms with Gasteiger partial charge >= 0.3 is 0 Å². The summed E-state index contributed by atoms with van der Waals surface area (Å²) in [6, 6.07) is 23.9. The van der Waals surface area contributed by atoms with Crippen molar-refractivity contribution in [3.63, 3.8) is 0 Å². The van der Waals surface area contributed by atoms with Gasteiger partial charge in [-0.2, -0.15) is 0 Å². The summed E-state index contributed by atoms with van der Waals surface area (Å²) in [7, 11) is 0. The normalized spacial score (nSPS) is 10.5. The molecule has 0 atom stereocenters. The van der Waals surface area contributed by atoms with Gasteiger partial charge in [-0.15, -0.1) is 0 Å². The van der Waals surface area contributed by atoms with Gasteiger partial charge in [-0.1, -0.05) is 60.7 Å². The quantitative estimate of drug-likeness (QED) is 0.567. The van der Waals surface area contributed by atoms with Gasteiger partial charge in [0.15, 0.2) is 11.6 Å². The van der Waals surface area contributed by atoms with Crippen molar-refractivity contribution >= 4 is 0 Å². The van der Waals surface area contributed by atoms with E-state index in [0.717, 1.165) is 22.5 Å². The van der Waals surface area contributed by atoms with E-state index in [2.05, 4.69) is 19.9 Å². The highest BCUT2D eigenvalue weighted by Crippen LogP contribution is 2.25. The lowest BCUT2D eigenvalue weighted by Gasteiger charge is -2.08. The summed E-state index contributed by atoms with van der Waals surface area (Å²) in [5, 5.41) is 0. The molecule has 0 spiro atoms. The third kappa shape index (κ3) is 2.90. The molecule has 0 aliphatic heterocycles. The lowest BCUT2D eigenvalue weighted by molar-refractivity contribution is 1.08. The van der Waals surface area contributed by atoms with Gasteiger partial charge in [0.25, 0.3) is 0 Å². The smallest absolute Gasteiger partial charge is 0.198 e. The summed E-state index contributed by atoms with van der Waals surface area (Å²) >= 11 is 0. The monoisotopic (exact) mass is 310 g/mol. The second-order valence-electron chi connectivity index (χ2n) is 5.27. The van der Waals surface area contributed by atoms with Gasteiger partial charge in [0.2, 0.25) is 0 Å². The van der Waals surface area contributed by atoms with Crippen LogP contribution in [0.15, 0.2) is 85.2 Å². The minimum absolute atomic E-state index is 0.521. The van der Waals surface area contributed by atoms with E-state index >= 15 is 0 Å². The summed E-state index contributed by atoms with van der Waals surface area (Å²) in [4.78, 5) is 17.9. The maximum Gasteiger partial charge on any atom is 0.198 e. The topological polar surface area (TPSA) is 51.6 Å². The first-order chi connectivity index (χ1) is 11.9. The standard InChI is InChI=1S/C20H14N4/c1-3-8-15(9-4-1)17-14-18(16-10-5-2-6-11-16)24-20(23-17)19-21-12-7-13-22-19/h1-14H. The Bertz CT molecular complexity index is 799. The van der Waals surface area contributed by atoms with Gasteiger partial charge in [-0.3, -0.25) is 0 Å². The van der Waals surface area contributed by atoms with Gasteiger partial charge in [0, 0.05) is 23.5 Å². The zero-order valence-electron chi connectivity index (χ0n) is 12.9.